The molecule has 4 nitrogen and oxygen atoms in total. The minimum Gasteiger partial charge on any atom is -0.227 e. The van der Waals surface area contributed by atoms with Crippen molar-refractivity contribution in [1.29, 1.82) is 0 Å². The Bertz CT molecular complexity index is 405. The number of hydrogen-bond donors (Lipinski definition) is 0. The summed E-state index contributed by atoms with van der Waals surface area (Å²) < 4.78 is 1.79. The first-order chi connectivity index (χ1) is 7.18. The zero-order valence-electron chi connectivity index (χ0n) is 8.96. The maximum atomic E-state index is 3.94. The predicted molar refractivity (Wildman–Crippen MR) is 57.3 cm³/mol. The molecule has 78 valence electrons. The molecule has 2 rings (SSSR count). The summed E-state index contributed by atoms with van der Waals surface area (Å²) in [6.45, 7) is 4.24. The Morgan fingerprint density at radius 3 is 2.53 bits per heavy atom. The first-order valence-corrected chi connectivity index (χ1v) is 4.96. The summed E-state index contributed by atoms with van der Waals surface area (Å²) in [4.78, 5) is 0. The van der Waals surface area contributed by atoms with Crippen molar-refractivity contribution in [2.24, 2.45) is 0 Å². The van der Waals surface area contributed by atoms with Gasteiger partial charge in [-0.15, -0.1) is 5.10 Å². The molecule has 0 amide bonds. The maximum Gasteiger partial charge on any atom is 0.138 e. The van der Waals surface area contributed by atoms with Gasteiger partial charge in [-0.2, -0.15) is 0 Å². The molecule has 1 aromatic carbocycles. The van der Waals surface area contributed by atoms with E-state index in [1.54, 1.807) is 11.0 Å². The van der Waals surface area contributed by atoms with E-state index in [-0.39, 0.29) is 5.54 Å². The first-order valence-electron chi connectivity index (χ1n) is 4.96. The summed E-state index contributed by atoms with van der Waals surface area (Å²) in [6, 6.07) is 10.3. The molecule has 0 aliphatic rings. The van der Waals surface area contributed by atoms with Crippen molar-refractivity contribution in [1.82, 2.24) is 20.2 Å². The van der Waals surface area contributed by atoms with Crippen molar-refractivity contribution in [3.63, 3.8) is 0 Å². The normalized spacial score (nSPS) is 11.6. The fraction of sp³-hybridized carbons (Fsp3) is 0.364. The molecule has 0 saturated carbocycles. The van der Waals surface area contributed by atoms with Crippen molar-refractivity contribution >= 4 is 0 Å². The molecule has 1 aromatic heterocycles. The fourth-order valence-electron chi connectivity index (χ4n) is 1.62. The lowest BCUT2D eigenvalue weighted by Gasteiger charge is -2.23. The Balaban J connectivity index is 2.18. The lowest BCUT2D eigenvalue weighted by molar-refractivity contribution is 0.309. The topological polar surface area (TPSA) is 43.6 Å². The molecule has 15 heavy (non-hydrogen) atoms. The van der Waals surface area contributed by atoms with Gasteiger partial charge in [-0.3, -0.25) is 0 Å². The predicted octanol–water partition coefficient (Wildman–Crippen LogP) is 1.65. The van der Waals surface area contributed by atoms with Gasteiger partial charge in [0.25, 0.3) is 0 Å². The zero-order chi connectivity index (χ0) is 10.7. The largest absolute Gasteiger partial charge is 0.227 e. The van der Waals surface area contributed by atoms with Gasteiger partial charge in [0.15, 0.2) is 0 Å². The van der Waals surface area contributed by atoms with Crippen LogP contribution in [0.25, 0.3) is 0 Å². The zero-order valence-corrected chi connectivity index (χ0v) is 8.96. The van der Waals surface area contributed by atoms with Crippen LogP contribution in [0.3, 0.4) is 0 Å². The monoisotopic (exact) mass is 202 g/mol. The molecule has 0 bridgehead atoms. The molecular formula is C11H14N4. The second kappa shape index (κ2) is 3.81. The smallest absolute Gasteiger partial charge is 0.138 e. The standard InChI is InChI=1S/C11H14N4/c1-11(2,15-9-12-13-14-15)8-10-6-4-3-5-7-10/h3-7,9H,8H2,1-2H3. The van der Waals surface area contributed by atoms with E-state index in [9.17, 15) is 0 Å². The van der Waals surface area contributed by atoms with Crippen LogP contribution in [0.2, 0.25) is 0 Å². The average Bonchev–Trinajstić information content (AvgIpc) is 2.71. The second-order valence-corrected chi connectivity index (χ2v) is 4.23. The number of benzene rings is 1. The van der Waals surface area contributed by atoms with Gasteiger partial charge in [-0.1, -0.05) is 30.3 Å². The molecule has 0 fully saturated rings. The van der Waals surface area contributed by atoms with Crippen LogP contribution >= 0.6 is 0 Å². The van der Waals surface area contributed by atoms with Gasteiger partial charge in [0.05, 0.1) is 5.54 Å². The average molecular weight is 202 g/mol. The van der Waals surface area contributed by atoms with Crippen molar-refractivity contribution in [2.75, 3.05) is 0 Å². The highest BCUT2D eigenvalue weighted by Crippen LogP contribution is 2.19. The third-order valence-corrected chi connectivity index (χ3v) is 2.45. The molecule has 0 saturated heterocycles. The highest BCUT2D eigenvalue weighted by Gasteiger charge is 2.21. The van der Waals surface area contributed by atoms with Gasteiger partial charge >= 0.3 is 0 Å². The third-order valence-electron chi connectivity index (χ3n) is 2.45. The van der Waals surface area contributed by atoms with Crippen molar-refractivity contribution in [3.05, 3.63) is 42.2 Å². The minimum atomic E-state index is -0.0924. The first kappa shape index (κ1) is 9.83. The Hall–Kier alpha value is -1.71. The van der Waals surface area contributed by atoms with Crippen LogP contribution < -0.4 is 0 Å². The molecule has 1 heterocycles. The van der Waals surface area contributed by atoms with Crippen LogP contribution in [-0.2, 0) is 12.0 Å². The van der Waals surface area contributed by atoms with E-state index in [0.717, 1.165) is 6.42 Å². The summed E-state index contributed by atoms with van der Waals surface area (Å²) in [5.41, 5.74) is 1.20. The SMILES string of the molecule is CC(C)(Cc1ccccc1)n1cnnn1. The Labute approximate surface area is 88.9 Å². The number of nitrogens with zero attached hydrogens (tertiary/aromatic N) is 4. The summed E-state index contributed by atoms with van der Waals surface area (Å²) in [5.74, 6) is 0. The lowest BCUT2D eigenvalue weighted by Crippen LogP contribution is -2.29. The second-order valence-electron chi connectivity index (χ2n) is 4.23. The highest BCUT2D eigenvalue weighted by molar-refractivity contribution is 5.16. The van der Waals surface area contributed by atoms with Gasteiger partial charge in [-0.05, 0) is 36.3 Å². The number of hydrogen-bond acceptors (Lipinski definition) is 3. The Morgan fingerprint density at radius 2 is 1.93 bits per heavy atom. The molecule has 0 aliphatic carbocycles. The van der Waals surface area contributed by atoms with Gasteiger partial charge in [0.2, 0.25) is 0 Å². The van der Waals surface area contributed by atoms with Crippen molar-refractivity contribution in [3.8, 4) is 0 Å². The third kappa shape index (κ3) is 2.21. The summed E-state index contributed by atoms with van der Waals surface area (Å²) in [6.07, 6.45) is 2.57. The van der Waals surface area contributed by atoms with E-state index in [0.29, 0.717) is 0 Å². The van der Waals surface area contributed by atoms with E-state index in [4.69, 9.17) is 0 Å². The number of rotatable bonds is 3. The number of aromatic nitrogens is 4. The minimum absolute atomic E-state index is 0.0924. The van der Waals surface area contributed by atoms with Gasteiger partial charge in [-0.25, -0.2) is 4.68 Å². The van der Waals surface area contributed by atoms with E-state index in [1.807, 2.05) is 18.2 Å². The molecule has 0 spiro atoms. The molecular weight excluding hydrogens is 188 g/mol. The fourth-order valence-corrected chi connectivity index (χ4v) is 1.62. The van der Waals surface area contributed by atoms with Crippen LogP contribution in [0.4, 0.5) is 0 Å². The van der Waals surface area contributed by atoms with E-state index in [1.165, 1.54) is 5.56 Å². The maximum absolute atomic E-state index is 3.94. The number of tetrazole rings is 1. The molecule has 0 aliphatic heterocycles. The van der Waals surface area contributed by atoms with E-state index >= 15 is 0 Å². The van der Waals surface area contributed by atoms with Gasteiger partial charge < -0.3 is 0 Å². The highest BCUT2D eigenvalue weighted by atomic mass is 15.5. The van der Waals surface area contributed by atoms with Crippen LogP contribution in [-0.4, -0.2) is 20.2 Å². The molecule has 0 atom stereocenters. The van der Waals surface area contributed by atoms with Crippen LogP contribution in [0.1, 0.15) is 19.4 Å². The van der Waals surface area contributed by atoms with Crippen molar-refractivity contribution in [2.45, 2.75) is 25.8 Å². The summed E-state index contributed by atoms with van der Waals surface area (Å²) in [7, 11) is 0. The van der Waals surface area contributed by atoms with Crippen LogP contribution in [0.5, 0.6) is 0 Å². The van der Waals surface area contributed by atoms with E-state index < -0.39 is 0 Å². The van der Waals surface area contributed by atoms with E-state index in [2.05, 4.69) is 41.5 Å². The van der Waals surface area contributed by atoms with Gasteiger partial charge in [0.1, 0.15) is 6.33 Å². The lowest BCUT2D eigenvalue weighted by atomic mass is 9.95. The molecule has 2 aromatic rings. The summed E-state index contributed by atoms with van der Waals surface area (Å²) in [5, 5.41) is 11.3. The van der Waals surface area contributed by atoms with Crippen LogP contribution in [0.15, 0.2) is 36.7 Å². The van der Waals surface area contributed by atoms with Gasteiger partial charge in [0, 0.05) is 0 Å². The Kier molecular flexibility index (Phi) is 2.49. The molecule has 0 radical (unpaired) electrons. The molecule has 4 heteroatoms. The van der Waals surface area contributed by atoms with Crippen molar-refractivity contribution < 1.29 is 0 Å². The quantitative estimate of drug-likeness (QED) is 0.760. The van der Waals surface area contributed by atoms with Crippen LogP contribution in [0, 0.1) is 0 Å². The summed E-state index contributed by atoms with van der Waals surface area (Å²) >= 11 is 0. The molecule has 0 N–H and O–H groups in total. The Morgan fingerprint density at radius 1 is 1.20 bits per heavy atom. The molecule has 0 unspecified atom stereocenters.